The van der Waals surface area contributed by atoms with Gasteiger partial charge < -0.3 is 15.4 Å². The first-order valence-corrected chi connectivity index (χ1v) is 9.33. The van der Waals surface area contributed by atoms with Crippen molar-refractivity contribution in [1.82, 2.24) is 9.97 Å². The van der Waals surface area contributed by atoms with Crippen molar-refractivity contribution in [3.63, 3.8) is 0 Å². The molecule has 0 aliphatic heterocycles. The van der Waals surface area contributed by atoms with Crippen LogP contribution in [0.3, 0.4) is 0 Å². The lowest BCUT2D eigenvalue weighted by Gasteiger charge is -2.13. The maximum Gasteiger partial charge on any atom is 0.274 e. The SMILES string of the molecule is CCOc1ccc(Nc2nccc(C(=O)Nc3c(C)cccc3CC)n2)cc1. The first kappa shape index (κ1) is 19.4. The third kappa shape index (κ3) is 4.65. The fourth-order valence-corrected chi connectivity index (χ4v) is 2.86. The summed E-state index contributed by atoms with van der Waals surface area (Å²) in [5.41, 5.74) is 4.07. The second-order valence-corrected chi connectivity index (χ2v) is 6.26. The van der Waals surface area contributed by atoms with Gasteiger partial charge in [-0.3, -0.25) is 4.79 Å². The molecule has 0 saturated carbocycles. The van der Waals surface area contributed by atoms with E-state index >= 15 is 0 Å². The van der Waals surface area contributed by atoms with Crippen molar-refractivity contribution >= 4 is 23.2 Å². The first-order valence-electron chi connectivity index (χ1n) is 9.33. The van der Waals surface area contributed by atoms with Crippen LogP contribution in [0.15, 0.2) is 54.7 Å². The fourth-order valence-electron chi connectivity index (χ4n) is 2.86. The van der Waals surface area contributed by atoms with Crippen LogP contribution >= 0.6 is 0 Å². The van der Waals surface area contributed by atoms with E-state index in [2.05, 4.69) is 27.5 Å². The molecule has 1 amide bonds. The summed E-state index contributed by atoms with van der Waals surface area (Å²) >= 11 is 0. The number of carbonyl (C=O) groups excluding carboxylic acids is 1. The standard InChI is InChI=1S/C22H24N4O2/c1-4-16-8-6-7-15(3)20(16)26-21(27)19-13-14-23-22(25-19)24-17-9-11-18(12-10-17)28-5-2/h6-14H,4-5H2,1-3H3,(H,26,27)(H,23,24,25). The van der Waals surface area contributed by atoms with Crippen molar-refractivity contribution < 1.29 is 9.53 Å². The van der Waals surface area contributed by atoms with E-state index in [1.54, 1.807) is 12.3 Å². The largest absolute Gasteiger partial charge is 0.494 e. The zero-order valence-electron chi connectivity index (χ0n) is 16.3. The molecule has 0 fully saturated rings. The monoisotopic (exact) mass is 376 g/mol. The van der Waals surface area contributed by atoms with Gasteiger partial charge in [0.25, 0.3) is 5.91 Å². The number of aromatic nitrogens is 2. The van der Waals surface area contributed by atoms with Gasteiger partial charge in [-0.2, -0.15) is 0 Å². The zero-order chi connectivity index (χ0) is 19.9. The fraction of sp³-hybridized carbons (Fsp3) is 0.227. The number of nitrogens with zero attached hydrogens (tertiary/aromatic N) is 2. The van der Waals surface area contributed by atoms with E-state index in [0.29, 0.717) is 18.2 Å². The second-order valence-electron chi connectivity index (χ2n) is 6.26. The second kappa shape index (κ2) is 8.99. The smallest absolute Gasteiger partial charge is 0.274 e. The summed E-state index contributed by atoms with van der Waals surface area (Å²) in [6, 6.07) is 15.1. The molecule has 3 aromatic rings. The Morgan fingerprint density at radius 1 is 1.07 bits per heavy atom. The predicted octanol–water partition coefficient (Wildman–Crippen LogP) is 4.74. The van der Waals surface area contributed by atoms with Crippen molar-refractivity contribution in [3.05, 3.63) is 71.5 Å². The van der Waals surface area contributed by atoms with Crippen LogP contribution in [-0.4, -0.2) is 22.5 Å². The Labute approximate surface area is 165 Å². The molecule has 0 aliphatic carbocycles. The summed E-state index contributed by atoms with van der Waals surface area (Å²) in [6.45, 7) is 6.60. The highest BCUT2D eigenvalue weighted by molar-refractivity contribution is 6.03. The quantitative estimate of drug-likeness (QED) is 0.623. The molecule has 0 atom stereocenters. The van der Waals surface area contributed by atoms with Gasteiger partial charge in [0.15, 0.2) is 0 Å². The van der Waals surface area contributed by atoms with E-state index in [1.165, 1.54) is 0 Å². The van der Waals surface area contributed by atoms with Crippen molar-refractivity contribution in [1.29, 1.82) is 0 Å². The molecule has 0 spiro atoms. The Kier molecular flexibility index (Phi) is 6.22. The van der Waals surface area contributed by atoms with Gasteiger partial charge in [-0.05, 0) is 61.7 Å². The lowest BCUT2D eigenvalue weighted by Crippen LogP contribution is -2.16. The molecule has 2 aromatic carbocycles. The molecule has 2 N–H and O–H groups in total. The Bertz CT molecular complexity index is 955. The number of hydrogen-bond donors (Lipinski definition) is 2. The van der Waals surface area contributed by atoms with Crippen molar-refractivity contribution in [2.45, 2.75) is 27.2 Å². The molecule has 6 heteroatoms. The summed E-state index contributed by atoms with van der Waals surface area (Å²) in [4.78, 5) is 21.3. The molecule has 0 saturated heterocycles. The van der Waals surface area contributed by atoms with Crippen LogP contribution in [0.2, 0.25) is 0 Å². The number of anilines is 3. The Morgan fingerprint density at radius 3 is 2.57 bits per heavy atom. The van der Waals surface area contributed by atoms with E-state index in [1.807, 2.05) is 56.3 Å². The zero-order valence-corrected chi connectivity index (χ0v) is 16.3. The van der Waals surface area contributed by atoms with Crippen LogP contribution in [-0.2, 0) is 6.42 Å². The van der Waals surface area contributed by atoms with Gasteiger partial charge in [-0.25, -0.2) is 9.97 Å². The highest BCUT2D eigenvalue weighted by Gasteiger charge is 2.13. The highest BCUT2D eigenvalue weighted by Crippen LogP contribution is 2.22. The van der Waals surface area contributed by atoms with Gasteiger partial charge in [-0.15, -0.1) is 0 Å². The number of nitrogens with one attached hydrogen (secondary N) is 2. The number of benzene rings is 2. The molecular formula is C22H24N4O2. The lowest BCUT2D eigenvalue weighted by atomic mass is 10.1. The molecule has 0 bridgehead atoms. The van der Waals surface area contributed by atoms with Gasteiger partial charge in [0.1, 0.15) is 11.4 Å². The van der Waals surface area contributed by atoms with E-state index < -0.39 is 0 Å². The average molecular weight is 376 g/mol. The van der Waals surface area contributed by atoms with Gasteiger partial charge in [-0.1, -0.05) is 25.1 Å². The van der Waals surface area contributed by atoms with Crippen molar-refractivity contribution in [2.24, 2.45) is 0 Å². The van der Waals surface area contributed by atoms with Crippen LogP contribution in [0.5, 0.6) is 5.75 Å². The first-order chi connectivity index (χ1) is 13.6. The molecule has 1 heterocycles. The van der Waals surface area contributed by atoms with Crippen LogP contribution in [0.25, 0.3) is 0 Å². The summed E-state index contributed by atoms with van der Waals surface area (Å²) in [5, 5.41) is 6.09. The van der Waals surface area contributed by atoms with Crippen molar-refractivity contribution in [3.8, 4) is 5.75 Å². The molecule has 0 radical (unpaired) electrons. The minimum atomic E-state index is -0.263. The molecule has 3 rings (SSSR count). The minimum absolute atomic E-state index is 0.263. The number of aryl methyl sites for hydroxylation is 2. The number of rotatable bonds is 7. The maximum absolute atomic E-state index is 12.7. The van der Waals surface area contributed by atoms with Gasteiger partial charge in [0, 0.05) is 17.6 Å². The molecule has 144 valence electrons. The predicted molar refractivity (Wildman–Crippen MR) is 111 cm³/mol. The van der Waals surface area contributed by atoms with E-state index in [9.17, 15) is 4.79 Å². The van der Waals surface area contributed by atoms with E-state index in [4.69, 9.17) is 4.74 Å². The summed E-state index contributed by atoms with van der Waals surface area (Å²) in [7, 11) is 0. The van der Waals surface area contributed by atoms with Crippen LogP contribution in [0.4, 0.5) is 17.3 Å². The lowest BCUT2D eigenvalue weighted by molar-refractivity contribution is 0.102. The topological polar surface area (TPSA) is 76.1 Å². The number of para-hydroxylation sites is 1. The van der Waals surface area contributed by atoms with Crippen LogP contribution in [0.1, 0.15) is 35.5 Å². The molecule has 1 aromatic heterocycles. The summed E-state index contributed by atoms with van der Waals surface area (Å²) < 4.78 is 5.43. The molecule has 0 aliphatic rings. The number of carbonyl (C=O) groups is 1. The van der Waals surface area contributed by atoms with Gasteiger partial charge >= 0.3 is 0 Å². The molecule has 0 unspecified atom stereocenters. The van der Waals surface area contributed by atoms with E-state index in [0.717, 1.165) is 34.7 Å². The third-order valence-corrected chi connectivity index (χ3v) is 4.29. The van der Waals surface area contributed by atoms with E-state index in [-0.39, 0.29) is 5.91 Å². The molecule has 6 nitrogen and oxygen atoms in total. The average Bonchev–Trinajstić information content (AvgIpc) is 2.71. The maximum atomic E-state index is 12.7. The Balaban J connectivity index is 1.75. The normalized spacial score (nSPS) is 10.4. The Hall–Kier alpha value is -3.41. The number of hydrogen-bond acceptors (Lipinski definition) is 5. The number of amides is 1. The minimum Gasteiger partial charge on any atom is -0.494 e. The van der Waals surface area contributed by atoms with Crippen molar-refractivity contribution in [2.75, 3.05) is 17.2 Å². The van der Waals surface area contributed by atoms with Crippen LogP contribution < -0.4 is 15.4 Å². The van der Waals surface area contributed by atoms with Crippen LogP contribution in [0, 0.1) is 6.92 Å². The molecule has 28 heavy (non-hydrogen) atoms. The number of ether oxygens (including phenoxy) is 1. The van der Waals surface area contributed by atoms with Gasteiger partial charge in [0.2, 0.25) is 5.95 Å². The highest BCUT2D eigenvalue weighted by atomic mass is 16.5. The summed E-state index contributed by atoms with van der Waals surface area (Å²) in [5.74, 6) is 0.894. The third-order valence-electron chi connectivity index (χ3n) is 4.29. The van der Waals surface area contributed by atoms with Gasteiger partial charge in [0.05, 0.1) is 6.61 Å². The summed E-state index contributed by atoms with van der Waals surface area (Å²) in [6.07, 6.45) is 2.41. The molecular weight excluding hydrogens is 352 g/mol. The Morgan fingerprint density at radius 2 is 1.86 bits per heavy atom.